The van der Waals surface area contributed by atoms with Crippen LogP contribution in [0.5, 0.6) is 0 Å². The van der Waals surface area contributed by atoms with Crippen molar-refractivity contribution in [1.82, 2.24) is 9.88 Å². The summed E-state index contributed by atoms with van der Waals surface area (Å²) in [7, 11) is 2.14. The Balaban J connectivity index is 2.00. The molecule has 0 spiro atoms. The van der Waals surface area contributed by atoms with Crippen molar-refractivity contribution < 1.29 is 5.11 Å². The van der Waals surface area contributed by atoms with Crippen LogP contribution in [0.2, 0.25) is 0 Å². The highest BCUT2D eigenvalue weighted by atomic mass is 16.3. The fraction of sp³-hybridized carbons (Fsp3) is 0.333. The first kappa shape index (κ1) is 10.4. The topological polar surface area (TPSA) is 39.3 Å². The monoisotopic (exact) mass is 240 g/mol. The van der Waals surface area contributed by atoms with Crippen LogP contribution in [0.3, 0.4) is 0 Å². The number of likely N-dealkylation sites (N-methyl/N-ethyl adjacent to an activating group) is 1. The Bertz CT molecular complexity index is 656. The lowest BCUT2D eigenvalue weighted by Gasteiger charge is -2.34. The van der Waals surface area contributed by atoms with Crippen LogP contribution in [-0.2, 0) is 0 Å². The zero-order chi connectivity index (χ0) is 12.3. The molecule has 0 unspecified atom stereocenters. The van der Waals surface area contributed by atoms with Crippen molar-refractivity contribution in [2.75, 3.05) is 20.2 Å². The predicted octanol–water partition coefficient (Wildman–Crippen LogP) is 2.16. The van der Waals surface area contributed by atoms with Crippen LogP contribution in [0.4, 0.5) is 0 Å². The van der Waals surface area contributed by atoms with Crippen LogP contribution >= 0.6 is 0 Å². The second kappa shape index (κ2) is 3.46. The molecule has 1 aromatic heterocycles. The van der Waals surface area contributed by atoms with Crippen molar-refractivity contribution in [2.45, 2.75) is 6.04 Å². The summed E-state index contributed by atoms with van der Waals surface area (Å²) in [6.45, 7) is 1.15. The van der Waals surface area contributed by atoms with E-state index >= 15 is 0 Å². The van der Waals surface area contributed by atoms with Crippen LogP contribution in [0.15, 0.2) is 30.5 Å². The summed E-state index contributed by atoms with van der Waals surface area (Å²) in [6, 6.07) is 6.78. The van der Waals surface area contributed by atoms with Gasteiger partial charge in [-0.2, -0.15) is 0 Å². The second-order valence-corrected chi connectivity index (χ2v) is 5.38. The molecule has 1 aliphatic carbocycles. The maximum absolute atomic E-state index is 9.41. The zero-order valence-corrected chi connectivity index (χ0v) is 10.4. The molecule has 2 aromatic rings. The van der Waals surface area contributed by atoms with E-state index in [9.17, 15) is 5.11 Å². The first-order valence-corrected chi connectivity index (χ1v) is 6.43. The molecule has 0 fully saturated rings. The molecule has 0 radical (unpaired) electrons. The smallest absolute Gasteiger partial charge is 0.0623 e. The highest BCUT2D eigenvalue weighted by molar-refractivity contribution is 6.02. The molecule has 1 aliphatic heterocycles. The molecule has 1 aromatic carbocycles. The maximum atomic E-state index is 9.41. The van der Waals surface area contributed by atoms with Gasteiger partial charge in [-0.15, -0.1) is 0 Å². The van der Waals surface area contributed by atoms with Crippen molar-refractivity contribution in [2.24, 2.45) is 5.92 Å². The number of fused-ring (bicyclic) bond motifs is 3. The van der Waals surface area contributed by atoms with Gasteiger partial charge in [0.2, 0.25) is 0 Å². The normalized spacial score (nSPS) is 26.4. The third-order valence-electron chi connectivity index (χ3n) is 4.25. The van der Waals surface area contributed by atoms with Gasteiger partial charge in [0.25, 0.3) is 0 Å². The lowest BCUT2D eigenvalue weighted by molar-refractivity contribution is 0.184. The molecule has 2 atom stereocenters. The maximum Gasteiger partial charge on any atom is 0.0623 e. The molecule has 2 heterocycles. The molecular formula is C15H16N2O. The number of nitrogens with one attached hydrogen (secondary N) is 1. The zero-order valence-electron chi connectivity index (χ0n) is 10.4. The van der Waals surface area contributed by atoms with Gasteiger partial charge in [-0.3, -0.25) is 4.90 Å². The fourth-order valence-electron chi connectivity index (χ4n) is 3.53. The van der Waals surface area contributed by atoms with E-state index in [4.69, 9.17) is 0 Å². The largest absolute Gasteiger partial charge is 0.396 e. The Labute approximate surface area is 106 Å². The molecule has 4 rings (SSSR count). The summed E-state index contributed by atoms with van der Waals surface area (Å²) < 4.78 is 0. The van der Waals surface area contributed by atoms with Gasteiger partial charge >= 0.3 is 0 Å². The fourth-order valence-corrected chi connectivity index (χ4v) is 3.53. The van der Waals surface area contributed by atoms with Gasteiger partial charge in [0.1, 0.15) is 0 Å². The van der Waals surface area contributed by atoms with E-state index in [1.54, 1.807) is 0 Å². The number of benzene rings is 1. The van der Waals surface area contributed by atoms with E-state index in [2.05, 4.69) is 47.4 Å². The minimum Gasteiger partial charge on any atom is -0.396 e. The van der Waals surface area contributed by atoms with Gasteiger partial charge in [0.05, 0.1) is 12.6 Å². The van der Waals surface area contributed by atoms with Crippen LogP contribution in [0.1, 0.15) is 17.2 Å². The summed E-state index contributed by atoms with van der Waals surface area (Å²) >= 11 is 0. The van der Waals surface area contributed by atoms with E-state index < -0.39 is 0 Å². The Morgan fingerprint density at radius 1 is 1.44 bits per heavy atom. The van der Waals surface area contributed by atoms with E-state index in [1.807, 2.05) is 0 Å². The molecule has 2 aliphatic rings. The summed E-state index contributed by atoms with van der Waals surface area (Å²) in [6.07, 6.45) is 4.40. The van der Waals surface area contributed by atoms with Crippen molar-refractivity contribution >= 4 is 16.5 Å². The van der Waals surface area contributed by atoms with Gasteiger partial charge < -0.3 is 10.1 Å². The number of aliphatic hydroxyl groups excluding tert-OH is 1. The highest BCUT2D eigenvalue weighted by Crippen LogP contribution is 2.49. The summed E-state index contributed by atoms with van der Waals surface area (Å²) in [5.41, 5.74) is 5.30. The summed E-state index contributed by atoms with van der Waals surface area (Å²) in [5.74, 6) is 0.254. The average molecular weight is 240 g/mol. The molecule has 18 heavy (non-hydrogen) atoms. The molecule has 3 heteroatoms. The Kier molecular flexibility index (Phi) is 1.99. The number of aromatic nitrogens is 1. The van der Waals surface area contributed by atoms with Crippen LogP contribution in [0, 0.1) is 5.92 Å². The highest BCUT2D eigenvalue weighted by Gasteiger charge is 2.36. The Hall–Kier alpha value is -1.58. The lowest BCUT2D eigenvalue weighted by atomic mass is 9.92. The number of nitrogens with zero attached hydrogens (tertiary/aromatic N) is 1. The van der Waals surface area contributed by atoms with E-state index in [1.165, 1.54) is 27.6 Å². The molecule has 0 saturated heterocycles. The van der Waals surface area contributed by atoms with E-state index in [0.717, 1.165) is 6.54 Å². The third-order valence-corrected chi connectivity index (χ3v) is 4.25. The molecular weight excluding hydrogens is 224 g/mol. The predicted molar refractivity (Wildman–Crippen MR) is 72.2 cm³/mol. The average Bonchev–Trinajstić information content (AvgIpc) is 2.94. The number of hydrogen-bond donors (Lipinski definition) is 2. The third kappa shape index (κ3) is 1.15. The standard InChI is InChI=1S/C15H16N2O/c1-17-7-9(8-18)5-11-10-3-2-4-13-14(10)12(6-16-13)15(11)17/h2-6,9,15-16,18H,7-8H2,1H3/t9-,15-/m1/s1. The van der Waals surface area contributed by atoms with E-state index in [0.29, 0.717) is 6.04 Å². The van der Waals surface area contributed by atoms with Gasteiger partial charge in [-0.05, 0) is 29.8 Å². The quantitative estimate of drug-likeness (QED) is 0.801. The number of rotatable bonds is 1. The molecule has 0 amide bonds. The van der Waals surface area contributed by atoms with Gasteiger partial charge in [-0.1, -0.05) is 18.2 Å². The van der Waals surface area contributed by atoms with Crippen LogP contribution < -0.4 is 0 Å². The van der Waals surface area contributed by atoms with Crippen LogP contribution in [-0.4, -0.2) is 35.2 Å². The first-order valence-electron chi connectivity index (χ1n) is 6.43. The van der Waals surface area contributed by atoms with Gasteiger partial charge in [0.15, 0.2) is 0 Å². The number of H-pyrrole nitrogens is 1. The SMILES string of the molecule is CN1C[C@H](CO)C=C2c3cccc4[nH]cc(c34)[C@@H]21. The summed E-state index contributed by atoms with van der Waals surface area (Å²) in [5, 5.41) is 10.8. The number of aliphatic hydroxyl groups is 1. The molecule has 0 bridgehead atoms. The first-order chi connectivity index (χ1) is 8.79. The minimum absolute atomic E-state index is 0.229. The Morgan fingerprint density at radius 2 is 2.33 bits per heavy atom. The molecule has 0 saturated carbocycles. The lowest BCUT2D eigenvalue weighted by Crippen LogP contribution is -2.34. The minimum atomic E-state index is 0.229. The van der Waals surface area contributed by atoms with E-state index in [-0.39, 0.29) is 12.5 Å². The van der Waals surface area contributed by atoms with Crippen molar-refractivity contribution in [3.05, 3.63) is 41.6 Å². The molecule has 92 valence electrons. The molecule has 3 nitrogen and oxygen atoms in total. The van der Waals surface area contributed by atoms with Crippen LogP contribution in [0.25, 0.3) is 16.5 Å². The number of aromatic amines is 1. The number of hydrogen-bond acceptors (Lipinski definition) is 2. The van der Waals surface area contributed by atoms with Crippen molar-refractivity contribution in [3.8, 4) is 0 Å². The Morgan fingerprint density at radius 3 is 3.17 bits per heavy atom. The van der Waals surface area contributed by atoms with Gasteiger partial charge in [-0.25, -0.2) is 0 Å². The van der Waals surface area contributed by atoms with Gasteiger partial charge in [0, 0.05) is 29.6 Å². The summed E-state index contributed by atoms with van der Waals surface area (Å²) in [4.78, 5) is 5.70. The van der Waals surface area contributed by atoms with Crippen molar-refractivity contribution in [1.29, 1.82) is 0 Å². The molecule has 2 N–H and O–H groups in total. The van der Waals surface area contributed by atoms with Crippen molar-refractivity contribution in [3.63, 3.8) is 0 Å². The second-order valence-electron chi connectivity index (χ2n) is 5.38.